The minimum Gasteiger partial charge on any atom is -0.377 e. The van der Waals surface area contributed by atoms with E-state index in [2.05, 4.69) is 59.3 Å². The van der Waals surface area contributed by atoms with E-state index in [0.717, 1.165) is 10.9 Å². The molecule has 0 N–H and O–H groups in total. The lowest BCUT2D eigenvalue weighted by molar-refractivity contribution is 0.101. The molecule has 16 heavy (non-hydrogen) atoms. The zero-order valence-corrected chi connectivity index (χ0v) is 11.1. The fraction of sp³-hybridized carbons (Fsp3) is 0.286. The Balaban J connectivity index is 2.66. The molecule has 0 aliphatic carbocycles. The summed E-state index contributed by atoms with van der Waals surface area (Å²) in [5.41, 5.74) is 1.27. The average molecular weight is 279 g/mol. The van der Waals surface area contributed by atoms with E-state index in [9.17, 15) is 0 Å². The smallest absolute Gasteiger partial charge is 0.0824 e. The first kappa shape index (κ1) is 11.6. The molecule has 1 atom stereocenters. The number of hydrogen-bond donors (Lipinski definition) is 0. The van der Waals surface area contributed by atoms with Gasteiger partial charge in [-0.1, -0.05) is 53.2 Å². The van der Waals surface area contributed by atoms with E-state index in [1.165, 1.54) is 16.3 Å². The molecule has 0 fully saturated rings. The van der Waals surface area contributed by atoms with E-state index >= 15 is 0 Å². The van der Waals surface area contributed by atoms with Crippen molar-refractivity contribution >= 4 is 26.7 Å². The molecule has 0 spiro atoms. The second-order valence-electron chi connectivity index (χ2n) is 3.81. The number of methoxy groups -OCH3 is 1. The van der Waals surface area contributed by atoms with Crippen molar-refractivity contribution in [3.05, 3.63) is 46.4 Å². The van der Waals surface area contributed by atoms with E-state index in [0.29, 0.717) is 0 Å². The van der Waals surface area contributed by atoms with Gasteiger partial charge in [-0.05, 0) is 28.8 Å². The van der Waals surface area contributed by atoms with Gasteiger partial charge in [0.1, 0.15) is 0 Å². The highest BCUT2D eigenvalue weighted by atomic mass is 79.9. The second kappa shape index (κ2) is 4.98. The molecule has 0 heterocycles. The fourth-order valence-corrected chi connectivity index (χ4v) is 2.56. The zero-order valence-electron chi connectivity index (χ0n) is 9.53. The highest BCUT2D eigenvalue weighted by molar-refractivity contribution is 9.10. The SMILES string of the molecule is CC[C@H](OC)c1ccc(Br)c2ccccc12. The second-order valence-corrected chi connectivity index (χ2v) is 4.67. The predicted octanol–water partition coefficient (Wildman–Crippen LogP) is 4.70. The van der Waals surface area contributed by atoms with E-state index in [1.807, 2.05) is 0 Å². The van der Waals surface area contributed by atoms with E-state index in [-0.39, 0.29) is 6.10 Å². The maximum absolute atomic E-state index is 5.52. The third-order valence-electron chi connectivity index (χ3n) is 2.91. The van der Waals surface area contributed by atoms with Crippen molar-refractivity contribution < 1.29 is 4.74 Å². The Labute approximate surface area is 105 Å². The first-order chi connectivity index (χ1) is 7.77. The van der Waals surface area contributed by atoms with Crippen molar-refractivity contribution in [2.45, 2.75) is 19.4 Å². The van der Waals surface area contributed by atoms with Crippen LogP contribution in [0.5, 0.6) is 0 Å². The summed E-state index contributed by atoms with van der Waals surface area (Å²) in [6.45, 7) is 2.14. The maximum atomic E-state index is 5.52. The van der Waals surface area contributed by atoms with Crippen LogP contribution in [0.2, 0.25) is 0 Å². The Kier molecular flexibility index (Phi) is 3.62. The molecule has 2 heteroatoms. The Bertz CT molecular complexity index is 489. The lowest BCUT2D eigenvalue weighted by Crippen LogP contribution is -2.00. The molecule has 2 aromatic carbocycles. The summed E-state index contributed by atoms with van der Waals surface area (Å²) >= 11 is 3.58. The molecule has 0 unspecified atom stereocenters. The first-order valence-corrected chi connectivity index (χ1v) is 6.27. The summed E-state index contributed by atoms with van der Waals surface area (Å²) in [4.78, 5) is 0. The van der Waals surface area contributed by atoms with Gasteiger partial charge in [0.25, 0.3) is 0 Å². The van der Waals surface area contributed by atoms with Gasteiger partial charge in [0.15, 0.2) is 0 Å². The molecule has 0 bridgehead atoms. The van der Waals surface area contributed by atoms with Crippen LogP contribution in [-0.2, 0) is 4.74 Å². The first-order valence-electron chi connectivity index (χ1n) is 5.47. The minimum atomic E-state index is 0.179. The molecular weight excluding hydrogens is 264 g/mol. The molecule has 0 saturated heterocycles. The van der Waals surface area contributed by atoms with E-state index in [4.69, 9.17) is 4.74 Å². The van der Waals surface area contributed by atoms with Crippen LogP contribution < -0.4 is 0 Å². The minimum absolute atomic E-state index is 0.179. The Hall–Kier alpha value is -0.860. The summed E-state index contributed by atoms with van der Waals surface area (Å²) in [6.07, 6.45) is 1.17. The molecule has 84 valence electrons. The van der Waals surface area contributed by atoms with Crippen LogP contribution in [0.4, 0.5) is 0 Å². The quantitative estimate of drug-likeness (QED) is 0.791. The number of rotatable bonds is 3. The van der Waals surface area contributed by atoms with Crippen LogP contribution >= 0.6 is 15.9 Å². The van der Waals surface area contributed by atoms with Crippen LogP contribution in [-0.4, -0.2) is 7.11 Å². The van der Waals surface area contributed by atoms with Gasteiger partial charge < -0.3 is 4.74 Å². The molecular formula is C14H15BrO. The highest BCUT2D eigenvalue weighted by Crippen LogP contribution is 2.32. The average Bonchev–Trinajstić information content (AvgIpc) is 2.34. The lowest BCUT2D eigenvalue weighted by atomic mass is 9.99. The molecule has 0 aliphatic rings. The molecule has 1 nitrogen and oxygen atoms in total. The third-order valence-corrected chi connectivity index (χ3v) is 3.60. The molecule has 0 aromatic heterocycles. The third kappa shape index (κ3) is 2.00. The summed E-state index contributed by atoms with van der Waals surface area (Å²) in [7, 11) is 1.77. The van der Waals surface area contributed by atoms with Gasteiger partial charge in [-0.2, -0.15) is 0 Å². The van der Waals surface area contributed by atoms with Crippen LogP contribution in [0.15, 0.2) is 40.9 Å². The van der Waals surface area contributed by atoms with Crippen molar-refractivity contribution in [3.63, 3.8) is 0 Å². The van der Waals surface area contributed by atoms with Gasteiger partial charge >= 0.3 is 0 Å². The van der Waals surface area contributed by atoms with Crippen LogP contribution in [0, 0.1) is 0 Å². The molecule has 2 rings (SSSR count). The van der Waals surface area contributed by atoms with Gasteiger partial charge in [-0.3, -0.25) is 0 Å². The van der Waals surface area contributed by atoms with Crippen molar-refractivity contribution in [2.75, 3.05) is 7.11 Å². The number of halogens is 1. The van der Waals surface area contributed by atoms with Crippen molar-refractivity contribution in [3.8, 4) is 0 Å². The molecule has 0 aliphatic heterocycles. The van der Waals surface area contributed by atoms with E-state index in [1.54, 1.807) is 7.11 Å². The lowest BCUT2D eigenvalue weighted by Gasteiger charge is -2.16. The summed E-state index contributed by atoms with van der Waals surface area (Å²) in [5, 5.41) is 2.51. The van der Waals surface area contributed by atoms with Crippen molar-refractivity contribution in [1.29, 1.82) is 0 Å². The van der Waals surface area contributed by atoms with Crippen LogP contribution in [0.1, 0.15) is 25.0 Å². The normalized spacial score (nSPS) is 12.9. The Morgan fingerprint density at radius 1 is 1.12 bits per heavy atom. The highest BCUT2D eigenvalue weighted by Gasteiger charge is 2.12. The standard InChI is InChI=1S/C14H15BrO/c1-3-14(16-2)12-8-9-13(15)11-7-5-4-6-10(11)12/h4-9,14H,3H2,1-2H3/t14-/m0/s1. The summed E-state index contributed by atoms with van der Waals surface area (Å²) < 4.78 is 6.66. The maximum Gasteiger partial charge on any atom is 0.0824 e. The Morgan fingerprint density at radius 3 is 2.44 bits per heavy atom. The largest absolute Gasteiger partial charge is 0.377 e. The molecule has 0 radical (unpaired) electrons. The van der Waals surface area contributed by atoms with Gasteiger partial charge in [0.05, 0.1) is 6.10 Å². The topological polar surface area (TPSA) is 9.23 Å². The van der Waals surface area contributed by atoms with E-state index < -0.39 is 0 Å². The van der Waals surface area contributed by atoms with Crippen molar-refractivity contribution in [1.82, 2.24) is 0 Å². The zero-order chi connectivity index (χ0) is 11.5. The number of fused-ring (bicyclic) bond motifs is 1. The monoisotopic (exact) mass is 278 g/mol. The Morgan fingerprint density at radius 2 is 1.81 bits per heavy atom. The van der Waals surface area contributed by atoms with Gasteiger partial charge in [-0.25, -0.2) is 0 Å². The number of ether oxygens (including phenoxy) is 1. The summed E-state index contributed by atoms with van der Waals surface area (Å²) in [6, 6.07) is 12.6. The fourth-order valence-electron chi connectivity index (χ4n) is 2.08. The van der Waals surface area contributed by atoms with Gasteiger partial charge in [0.2, 0.25) is 0 Å². The van der Waals surface area contributed by atoms with Gasteiger partial charge in [-0.15, -0.1) is 0 Å². The molecule has 0 saturated carbocycles. The summed E-state index contributed by atoms with van der Waals surface area (Å²) in [5.74, 6) is 0. The number of hydrogen-bond acceptors (Lipinski definition) is 1. The predicted molar refractivity (Wildman–Crippen MR) is 71.7 cm³/mol. The van der Waals surface area contributed by atoms with Gasteiger partial charge in [0, 0.05) is 11.6 Å². The van der Waals surface area contributed by atoms with Crippen LogP contribution in [0.3, 0.4) is 0 Å². The van der Waals surface area contributed by atoms with Crippen molar-refractivity contribution in [2.24, 2.45) is 0 Å². The molecule has 2 aromatic rings. The molecule has 0 amide bonds. The number of benzene rings is 2. The van der Waals surface area contributed by atoms with Crippen LogP contribution in [0.25, 0.3) is 10.8 Å².